The third-order valence-corrected chi connectivity index (χ3v) is 2.82. The van der Waals surface area contributed by atoms with Crippen molar-refractivity contribution in [3.05, 3.63) is 11.5 Å². The predicted octanol–water partition coefficient (Wildman–Crippen LogP) is 2.10. The van der Waals surface area contributed by atoms with Gasteiger partial charge in [0.05, 0.1) is 5.69 Å². The summed E-state index contributed by atoms with van der Waals surface area (Å²) >= 11 is 0. The van der Waals surface area contributed by atoms with Crippen molar-refractivity contribution in [1.29, 1.82) is 0 Å². The topological polar surface area (TPSA) is 43.8 Å². The fourth-order valence-electron chi connectivity index (χ4n) is 2.14. The highest BCUT2D eigenvalue weighted by atomic mass is 15.1. The summed E-state index contributed by atoms with van der Waals surface area (Å²) in [4.78, 5) is 4.50. The lowest BCUT2D eigenvalue weighted by atomic mass is 9.95. The molecule has 0 radical (unpaired) electrons. The Morgan fingerprint density at radius 1 is 1.29 bits per heavy atom. The Morgan fingerprint density at radius 2 is 2.00 bits per heavy atom. The van der Waals surface area contributed by atoms with E-state index in [0.717, 1.165) is 24.6 Å². The first-order chi connectivity index (χ1) is 6.50. The van der Waals surface area contributed by atoms with Crippen LogP contribution < -0.4 is 5.73 Å². The smallest absolute Gasteiger partial charge is 0.145 e. The number of imidazole rings is 1. The zero-order valence-electron chi connectivity index (χ0n) is 9.30. The summed E-state index contributed by atoms with van der Waals surface area (Å²) in [6.45, 7) is 7.66. The summed E-state index contributed by atoms with van der Waals surface area (Å²) in [7, 11) is 0. The molecule has 2 rings (SSSR count). The molecule has 0 saturated heterocycles. The molecule has 0 aromatic carbocycles. The molecular weight excluding hydrogens is 174 g/mol. The molecule has 0 atom stereocenters. The molecular formula is C11H19N3. The van der Waals surface area contributed by atoms with Gasteiger partial charge < -0.3 is 10.3 Å². The fraction of sp³-hybridized carbons (Fsp3) is 0.727. The van der Waals surface area contributed by atoms with Gasteiger partial charge in [0.15, 0.2) is 0 Å². The van der Waals surface area contributed by atoms with Gasteiger partial charge in [-0.15, -0.1) is 0 Å². The van der Waals surface area contributed by atoms with Crippen LogP contribution in [0, 0.1) is 0 Å². The van der Waals surface area contributed by atoms with Gasteiger partial charge in [0.25, 0.3) is 0 Å². The van der Waals surface area contributed by atoms with Gasteiger partial charge in [-0.3, -0.25) is 0 Å². The van der Waals surface area contributed by atoms with E-state index in [4.69, 9.17) is 5.73 Å². The summed E-state index contributed by atoms with van der Waals surface area (Å²) in [5.41, 5.74) is 7.28. The van der Waals surface area contributed by atoms with E-state index < -0.39 is 0 Å². The number of nitrogens with two attached hydrogens (primary N) is 1. The maximum absolute atomic E-state index is 5.93. The van der Waals surface area contributed by atoms with Gasteiger partial charge in [0, 0.05) is 12.0 Å². The Kier molecular flexibility index (Phi) is 2.05. The zero-order valence-corrected chi connectivity index (χ0v) is 9.30. The quantitative estimate of drug-likeness (QED) is 0.685. The van der Waals surface area contributed by atoms with Gasteiger partial charge in [-0.05, 0) is 19.3 Å². The van der Waals surface area contributed by atoms with E-state index in [9.17, 15) is 0 Å². The maximum atomic E-state index is 5.93. The van der Waals surface area contributed by atoms with Crippen molar-refractivity contribution < 1.29 is 0 Å². The number of anilines is 1. The summed E-state index contributed by atoms with van der Waals surface area (Å²) in [6, 6.07) is 0. The molecule has 1 aromatic heterocycles. The van der Waals surface area contributed by atoms with Gasteiger partial charge in [-0.1, -0.05) is 20.8 Å². The Balaban J connectivity index is 2.52. The number of aromatic nitrogens is 2. The molecule has 78 valence electrons. The second-order valence-electron chi connectivity index (χ2n) is 5.13. The summed E-state index contributed by atoms with van der Waals surface area (Å²) in [5.74, 6) is 1.89. The molecule has 14 heavy (non-hydrogen) atoms. The van der Waals surface area contributed by atoms with Crippen LogP contribution in [0.3, 0.4) is 0 Å². The van der Waals surface area contributed by atoms with Crippen LogP contribution in [0.25, 0.3) is 0 Å². The van der Waals surface area contributed by atoms with Crippen LogP contribution in [-0.2, 0) is 18.4 Å². The molecule has 0 unspecified atom stereocenters. The first-order valence-corrected chi connectivity index (χ1v) is 5.35. The predicted molar refractivity (Wildman–Crippen MR) is 58.3 cm³/mol. The lowest BCUT2D eigenvalue weighted by Crippen LogP contribution is -2.22. The third kappa shape index (κ3) is 1.41. The molecule has 0 aliphatic carbocycles. The van der Waals surface area contributed by atoms with E-state index in [1.165, 1.54) is 18.5 Å². The molecule has 0 amide bonds. The highest BCUT2D eigenvalue weighted by molar-refractivity contribution is 5.39. The van der Waals surface area contributed by atoms with Crippen molar-refractivity contribution in [2.24, 2.45) is 0 Å². The Bertz CT molecular complexity index is 344. The number of hydrogen-bond donors (Lipinski definition) is 1. The van der Waals surface area contributed by atoms with Gasteiger partial charge in [-0.25, -0.2) is 4.98 Å². The van der Waals surface area contributed by atoms with E-state index >= 15 is 0 Å². The Labute approximate surface area is 85.3 Å². The van der Waals surface area contributed by atoms with Crippen LogP contribution in [-0.4, -0.2) is 9.55 Å². The van der Waals surface area contributed by atoms with Crippen molar-refractivity contribution in [3.8, 4) is 0 Å². The summed E-state index contributed by atoms with van der Waals surface area (Å²) in [5, 5.41) is 0. The molecule has 1 aliphatic rings. The average Bonchev–Trinajstić information content (AvgIpc) is 2.44. The normalized spacial score (nSPS) is 16.8. The summed E-state index contributed by atoms with van der Waals surface area (Å²) in [6.07, 6.45) is 3.60. The molecule has 2 heterocycles. The zero-order chi connectivity index (χ0) is 10.3. The third-order valence-electron chi connectivity index (χ3n) is 2.82. The molecule has 1 aromatic rings. The maximum Gasteiger partial charge on any atom is 0.145 e. The highest BCUT2D eigenvalue weighted by Crippen LogP contribution is 2.29. The van der Waals surface area contributed by atoms with Crippen LogP contribution in [0.1, 0.15) is 45.1 Å². The lowest BCUT2D eigenvalue weighted by molar-refractivity contribution is 0.453. The summed E-state index contributed by atoms with van der Waals surface area (Å²) < 4.78 is 2.32. The van der Waals surface area contributed by atoms with Crippen molar-refractivity contribution >= 4 is 5.82 Å². The Morgan fingerprint density at radius 3 is 2.64 bits per heavy atom. The molecule has 0 spiro atoms. The second kappa shape index (κ2) is 3.01. The fourth-order valence-corrected chi connectivity index (χ4v) is 2.14. The van der Waals surface area contributed by atoms with Crippen LogP contribution >= 0.6 is 0 Å². The molecule has 1 aliphatic heterocycles. The van der Waals surface area contributed by atoms with Crippen molar-refractivity contribution in [1.82, 2.24) is 9.55 Å². The van der Waals surface area contributed by atoms with Crippen LogP contribution in [0.5, 0.6) is 0 Å². The van der Waals surface area contributed by atoms with Gasteiger partial charge in [0.2, 0.25) is 0 Å². The number of nitrogen functional groups attached to an aromatic ring is 1. The number of nitrogens with zero attached hydrogens (tertiary/aromatic N) is 2. The van der Waals surface area contributed by atoms with E-state index in [1.54, 1.807) is 0 Å². The van der Waals surface area contributed by atoms with E-state index in [2.05, 4.69) is 30.3 Å². The largest absolute Gasteiger partial charge is 0.382 e. The van der Waals surface area contributed by atoms with Crippen molar-refractivity contribution in [2.45, 2.75) is 52.0 Å². The minimum Gasteiger partial charge on any atom is -0.382 e. The number of rotatable bonds is 0. The van der Waals surface area contributed by atoms with E-state index in [0.29, 0.717) is 0 Å². The van der Waals surface area contributed by atoms with Crippen LogP contribution in [0.4, 0.5) is 5.82 Å². The minimum absolute atomic E-state index is 0.101. The number of fused-ring (bicyclic) bond motifs is 1. The van der Waals surface area contributed by atoms with Crippen molar-refractivity contribution in [3.63, 3.8) is 0 Å². The molecule has 2 N–H and O–H groups in total. The lowest BCUT2D eigenvalue weighted by Gasteiger charge is -2.23. The monoisotopic (exact) mass is 193 g/mol. The van der Waals surface area contributed by atoms with E-state index in [1.807, 2.05) is 0 Å². The van der Waals surface area contributed by atoms with Crippen molar-refractivity contribution in [2.75, 3.05) is 5.73 Å². The standard InChI is InChI=1S/C11H19N3/c1-11(2,3)10-13-9(12)8-6-4-5-7-14(8)10/h4-7,12H2,1-3H3. The van der Waals surface area contributed by atoms with Crippen LogP contribution in [0.2, 0.25) is 0 Å². The molecule has 3 heteroatoms. The van der Waals surface area contributed by atoms with Crippen LogP contribution in [0.15, 0.2) is 0 Å². The molecule has 0 saturated carbocycles. The van der Waals surface area contributed by atoms with Gasteiger partial charge >= 0.3 is 0 Å². The number of hydrogen-bond acceptors (Lipinski definition) is 2. The molecule has 0 bridgehead atoms. The second-order valence-corrected chi connectivity index (χ2v) is 5.13. The molecule has 3 nitrogen and oxygen atoms in total. The molecule has 0 fully saturated rings. The SMILES string of the molecule is CC(C)(C)c1nc(N)c2n1CCCC2. The van der Waals surface area contributed by atoms with Gasteiger partial charge in [0.1, 0.15) is 11.6 Å². The average molecular weight is 193 g/mol. The van der Waals surface area contributed by atoms with Gasteiger partial charge in [-0.2, -0.15) is 0 Å². The Hall–Kier alpha value is -0.990. The first kappa shape index (κ1) is 9.56. The first-order valence-electron chi connectivity index (χ1n) is 5.35. The highest BCUT2D eigenvalue weighted by Gasteiger charge is 2.25. The van der Waals surface area contributed by atoms with E-state index in [-0.39, 0.29) is 5.41 Å². The minimum atomic E-state index is 0.101.